The van der Waals surface area contributed by atoms with Gasteiger partial charge in [-0.2, -0.15) is 5.10 Å². The second kappa shape index (κ2) is 10.2. The molecule has 32 heavy (non-hydrogen) atoms. The molecule has 0 radical (unpaired) electrons. The van der Waals surface area contributed by atoms with Crippen LogP contribution < -0.4 is 0 Å². The highest BCUT2D eigenvalue weighted by molar-refractivity contribution is 5.96. The number of benzene rings is 2. The summed E-state index contributed by atoms with van der Waals surface area (Å²) in [5.41, 5.74) is 5.25. The average Bonchev–Trinajstić information content (AvgIpc) is 3.19. The van der Waals surface area contributed by atoms with Gasteiger partial charge in [0.2, 0.25) is 0 Å². The average molecular weight is 436 g/mol. The monoisotopic (exact) mass is 435 g/mol. The van der Waals surface area contributed by atoms with E-state index in [0.717, 1.165) is 22.4 Å². The number of aromatic nitrogens is 2. The molecule has 1 amide bonds. The van der Waals surface area contributed by atoms with Crippen LogP contribution in [0.5, 0.6) is 0 Å². The number of hydrogen-bond acceptors (Lipinski definition) is 5. The molecule has 0 fully saturated rings. The largest absolute Gasteiger partial charge is 0.461 e. The lowest BCUT2D eigenvalue weighted by molar-refractivity contribution is 0.0518. The molecule has 0 N–H and O–H groups in total. The second-order valence-electron chi connectivity index (χ2n) is 7.66. The van der Waals surface area contributed by atoms with E-state index in [1.165, 1.54) is 0 Å². The van der Waals surface area contributed by atoms with Crippen LogP contribution in [0.2, 0.25) is 0 Å². The second-order valence-corrected chi connectivity index (χ2v) is 7.66. The Morgan fingerprint density at radius 3 is 2.41 bits per heavy atom. The molecule has 1 heterocycles. The molecule has 0 saturated heterocycles. The Balaban J connectivity index is 2.09. The van der Waals surface area contributed by atoms with Gasteiger partial charge in [0.05, 0.1) is 18.9 Å². The first-order valence-corrected chi connectivity index (χ1v) is 10.5. The van der Waals surface area contributed by atoms with Crippen LogP contribution in [0, 0.1) is 13.8 Å². The van der Waals surface area contributed by atoms with Crippen molar-refractivity contribution in [2.75, 3.05) is 33.9 Å². The zero-order chi connectivity index (χ0) is 23.3. The minimum absolute atomic E-state index is 0.118. The van der Waals surface area contributed by atoms with Crippen molar-refractivity contribution in [1.29, 1.82) is 0 Å². The van der Waals surface area contributed by atoms with Crippen LogP contribution in [0.4, 0.5) is 0 Å². The Morgan fingerprint density at radius 1 is 1.03 bits per heavy atom. The lowest BCUT2D eigenvalue weighted by Gasteiger charge is -2.18. The summed E-state index contributed by atoms with van der Waals surface area (Å²) in [6.45, 7) is 6.86. The Bertz CT molecular complexity index is 1100. The van der Waals surface area contributed by atoms with Gasteiger partial charge in [-0.15, -0.1) is 0 Å². The molecule has 0 aliphatic rings. The highest BCUT2D eigenvalue weighted by atomic mass is 16.5. The summed E-state index contributed by atoms with van der Waals surface area (Å²) in [6.07, 6.45) is 0. The van der Waals surface area contributed by atoms with Crippen LogP contribution in [0.1, 0.15) is 39.0 Å². The minimum Gasteiger partial charge on any atom is -0.461 e. The summed E-state index contributed by atoms with van der Waals surface area (Å²) in [5, 5.41) is 4.44. The molecule has 0 spiro atoms. The number of ether oxygens (including phenoxy) is 2. The summed E-state index contributed by atoms with van der Waals surface area (Å²) in [5.74, 6) is -0.590. The summed E-state index contributed by atoms with van der Waals surface area (Å²) in [7, 11) is 3.35. The summed E-state index contributed by atoms with van der Waals surface area (Å²) in [4.78, 5) is 26.9. The quantitative estimate of drug-likeness (QED) is 0.499. The number of esters is 1. The molecule has 0 aliphatic heterocycles. The van der Waals surface area contributed by atoms with Crippen LogP contribution in [-0.4, -0.2) is 60.5 Å². The van der Waals surface area contributed by atoms with Gasteiger partial charge in [-0.25, -0.2) is 9.48 Å². The highest BCUT2D eigenvalue weighted by Gasteiger charge is 2.18. The number of nitrogens with zero attached hydrogens (tertiary/aromatic N) is 3. The van der Waals surface area contributed by atoms with E-state index < -0.39 is 5.97 Å². The van der Waals surface area contributed by atoms with Gasteiger partial charge < -0.3 is 14.4 Å². The molecule has 1 aromatic heterocycles. The normalized spacial score (nSPS) is 10.8. The number of aryl methyl sites for hydroxylation is 2. The molecule has 2 aromatic carbocycles. The standard InChI is InChI=1S/C25H29N3O4/c1-6-32-25(30)23-13-18(3)28(26-23)22-15-20(19-9-7-17(2)8-10-19)14-21(16-22)24(29)27(4)11-12-31-5/h7-10,13-16H,6,11-12H2,1-5H3. The van der Waals surface area contributed by atoms with Crippen LogP contribution in [-0.2, 0) is 9.47 Å². The molecule has 7 heteroatoms. The van der Waals surface area contributed by atoms with Gasteiger partial charge >= 0.3 is 5.97 Å². The lowest BCUT2D eigenvalue weighted by atomic mass is 10.0. The smallest absolute Gasteiger partial charge is 0.358 e. The fourth-order valence-corrected chi connectivity index (χ4v) is 3.36. The van der Waals surface area contributed by atoms with Gasteiger partial charge in [-0.1, -0.05) is 29.8 Å². The van der Waals surface area contributed by atoms with Crippen molar-refractivity contribution in [3.8, 4) is 16.8 Å². The van der Waals surface area contributed by atoms with Crippen LogP contribution in [0.25, 0.3) is 16.8 Å². The SMILES string of the molecule is CCOC(=O)c1cc(C)n(-c2cc(C(=O)N(C)CCOC)cc(-c3ccc(C)cc3)c2)n1. The van der Waals surface area contributed by atoms with Gasteiger partial charge in [-0.3, -0.25) is 4.79 Å². The molecule has 3 aromatic rings. The fraction of sp³-hybridized carbons (Fsp3) is 0.320. The first-order chi connectivity index (χ1) is 15.3. The van der Waals surface area contributed by atoms with E-state index in [4.69, 9.17) is 9.47 Å². The van der Waals surface area contributed by atoms with Gasteiger partial charge in [0.15, 0.2) is 5.69 Å². The van der Waals surface area contributed by atoms with E-state index in [9.17, 15) is 9.59 Å². The molecule has 0 bridgehead atoms. The molecular weight excluding hydrogens is 406 g/mol. The number of likely N-dealkylation sites (N-methyl/N-ethyl adjacent to an activating group) is 1. The minimum atomic E-state index is -0.473. The lowest BCUT2D eigenvalue weighted by Crippen LogP contribution is -2.30. The van der Waals surface area contributed by atoms with E-state index in [-0.39, 0.29) is 18.2 Å². The number of methoxy groups -OCH3 is 1. The zero-order valence-electron chi connectivity index (χ0n) is 19.2. The molecule has 168 valence electrons. The van der Waals surface area contributed by atoms with Gasteiger partial charge in [-0.05, 0) is 56.2 Å². The molecule has 0 aliphatic carbocycles. The number of hydrogen-bond donors (Lipinski definition) is 0. The van der Waals surface area contributed by atoms with Gasteiger partial charge in [0.25, 0.3) is 5.91 Å². The number of carbonyl (C=O) groups excluding carboxylic acids is 2. The fourth-order valence-electron chi connectivity index (χ4n) is 3.36. The molecule has 0 saturated carbocycles. The van der Waals surface area contributed by atoms with Crippen molar-refractivity contribution in [1.82, 2.24) is 14.7 Å². The topological polar surface area (TPSA) is 73.7 Å². The number of carbonyl (C=O) groups is 2. The van der Waals surface area contributed by atoms with Crippen LogP contribution in [0.15, 0.2) is 48.5 Å². The molecular formula is C25H29N3O4. The van der Waals surface area contributed by atoms with E-state index in [2.05, 4.69) is 5.10 Å². The summed E-state index contributed by atoms with van der Waals surface area (Å²) in [6, 6.07) is 15.4. The van der Waals surface area contributed by atoms with Crippen molar-refractivity contribution in [3.05, 3.63) is 71.0 Å². The Morgan fingerprint density at radius 2 is 1.75 bits per heavy atom. The highest BCUT2D eigenvalue weighted by Crippen LogP contribution is 2.26. The number of amides is 1. The van der Waals surface area contributed by atoms with Crippen LogP contribution in [0.3, 0.4) is 0 Å². The third-order valence-electron chi connectivity index (χ3n) is 5.14. The van der Waals surface area contributed by atoms with Crippen molar-refractivity contribution >= 4 is 11.9 Å². The van der Waals surface area contributed by atoms with E-state index in [1.54, 1.807) is 42.8 Å². The Hall–Kier alpha value is -3.45. The van der Waals surface area contributed by atoms with E-state index in [1.807, 2.05) is 50.2 Å². The Labute approximate surface area is 188 Å². The first-order valence-electron chi connectivity index (χ1n) is 10.5. The molecule has 3 rings (SSSR count). The summed E-state index contributed by atoms with van der Waals surface area (Å²) >= 11 is 0. The molecule has 0 atom stereocenters. The third-order valence-corrected chi connectivity index (χ3v) is 5.14. The van der Waals surface area contributed by atoms with E-state index >= 15 is 0 Å². The first kappa shape index (κ1) is 23.2. The molecule has 0 unspecified atom stereocenters. The van der Waals surface area contributed by atoms with Crippen LogP contribution >= 0.6 is 0 Å². The maximum Gasteiger partial charge on any atom is 0.358 e. The van der Waals surface area contributed by atoms with Crippen molar-refractivity contribution in [3.63, 3.8) is 0 Å². The predicted molar refractivity (Wildman–Crippen MR) is 123 cm³/mol. The van der Waals surface area contributed by atoms with Crippen molar-refractivity contribution < 1.29 is 19.1 Å². The van der Waals surface area contributed by atoms with Gasteiger partial charge in [0, 0.05) is 32.0 Å². The maximum atomic E-state index is 13.1. The number of rotatable bonds is 8. The predicted octanol–water partition coefficient (Wildman–Crippen LogP) is 4.05. The van der Waals surface area contributed by atoms with Crippen molar-refractivity contribution in [2.45, 2.75) is 20.8 Å². The van der Waals surface area contributed by atoms with Gasteiger partial charge in [0.1, 0.15) is 0 Å². The Kier molecular flexibility index (Phi) is 7.43. The molecule has 7 nitrogen and oxygen atoms in total. The van der Waals surface area contributed by atoms with E-state index in [0.29, 0.717) is 24.4 Å². The zero-order valence-corrected chi connectivity index (χ0v) is 19.2. The third kappa shape index (κ3) is 5.23. The maximum absolute atomic E-state index is 13.1. The van der Waals surface area contributed by atoms with Crippen molar-refractivity contribution in [2.24, 2.45) is 0 Å². The summed E-state index contributed by atoms with van der Waals surface area (Å²) < 4.78 is 11.8.